The van der Waals surface area contributed by atoms with Crippen LogP contribution in [0.15, 0.2) is 36.4 Å². The standard InChI is InChI=1S/C21H27NO4.C2H6/c1-4-25-12-11-22-20(24)10-5-17-13-15(2)21(16(3)14-17)26-19-8-6-18(23)7-9-19;1-2/h6-9,13-14,23H,4-5,10-12H2,1-3H3,(H,22,24);1-2H3. The van der Waals surface area contributed by atoms with Gasteiger partial charge in [0.1, 0.15) is 17.2 Å². The molecule has 2 rings (SSSR count). The van der Waals surface area contributed by atoms with Gasteiger partial charge in [0.05, 0.1) is 6.61 Å². The van der Waals surface area contributed by atoms with Crippen LogP contribution >= 0.6 is 0 Å². The van der Waals surface area contributed by atoms with E-state index in [1.165, 1.54) is 0 Å². The van der Waals surface area contributed by atoms with Crippen molar-refractivity contribution in [2.24, 2.45) is 0 Å². The van der Waals surface area contributed by atoms with Crippen molar-refractivity contribution >= 4 is 5.91 Å². The van der Waals surface area contributed by atoms with Crippen LogP contribution < -0.4 is 10.1 Å². The Labute approximate surface area is 168 Å². The smallest absolute Gasteiger partial charge is 0.220 e. The van der Waals surface area contributed by atoms with Gasteiger partial charge in [-0.05, 0) is 68.1 Å². The van der Waals surface area contributed by atoms with E-state index in [-0.39, 0.29) is 11.7 Å². The van der Waals surface area contributed by atoms with Gasteiger partial charge in [0, 0.05) is 19.6 Å². The quantitative estimate of drug-likeness (QED) is 0.600. The molecule has 154 valence electrons. The molecule has 0 spiro atoms. The predicted molar refractivity (Wildman–Crippen MR) is 113 cm³/mol. The molecule has 0 aliphatic carbocycles. The maximum Gasteiger partial charge on any atom is 0.220 e. The summed E-state index contributed by atoms with van der Waals surface area (Å²) in [5.41, 5.74) is 3.15. The molecule has 0 radical (unpaired) electrons. The van der Waals surface area contributed by atoms with Gasteiger partial charge in [0.25, 0.3) is 0 Å². The van der Waals surface area contributed by atoms with Gasteiger partial charge < -0.3 is 19.9 Å². The molecule has 1 amide bonds. The fourth-order valence-corrected chi connectivity index (χ4v) is 2.73. The Balaban J connectivity index is 0.00000190. The third kappa shape index (κ3) is 8.01. The van der Waals surface area contributed by atoms with Crippen LogP contribution in [-0.2, 0) is 16.0 Å². The van der Waals surface area contributed by atoms with E-state index in [0.717, 1.165) is 22.4 Å². The topological polar surface area (TPSA) is 67.8 Å². The maximum absolute atomic E-state index is 11.9. The van der Waals surface area contributed by atoms with Gasteiger partial charge >= 0.3 is 0 Å². The molecule has 2 N–H and O–H groups in total. The van der Waals surface area contributed by atoms with E-state index < -0.39 is 0 Å². The van der Waals surface area contributed by atoms with Crippen molar-refractivity contribution in [2.45, 2.75) is 47.5 Å². The summed E-state index contributed by atoms with van der Waals surface area (Å²) >= 11 is 0. The lowest BCUT2D eigenvalue weighted by Gasteiger charge is -2.14. The lowest BCUT2D eigenvalue weighted by molar-refractivity contribution is -0.121. The summed E-state index contributed by atoms with van der Waals surface area (Å²) in [5.74, 6) is 1.72. The summed E-state index contributed by atoms with van der Waals surface area (Å²) in [6.07, 6.45) is 1.13. The molecule has 0 aliphatic heterocycles. The second-order valence-corrected chi connectivity index (χ2v) is 6.20. The maximum atomic E-state index is 11.9. The second-order valence-electron chi connectivity index (χ2n) is 6.20. The molecule has 0 bridgehead atoms. The molecule has 2 aromatic rings. The number of amides is 1. The average molecular weight is 388 g/mol. The number of hydrogen-bond donors (Lipinski definition) is 2. The van der Waals surface area contributed by atoms with E-state index >= 15 is 0 Å². The molecular formula is C23H33NO4. The zero-order valence-electron chi connectivity index (χ0n) is 17.7. The number of phenols is 1. The Kier molecular flexibility index (Phi) is 10.7. The zero-order valence-corrected chi connectivity index (χ0v) is 17.7. The molecule has 2 aromatic carbocycles. The number of rotatable bonds is 9. The molecule has 0 saturated carbocycles. The number of aryl methyl sites for hydroxylation is 3. The molecule has 0 atom stereocenters. The van der Waals surface area contributed by atoms with Crippen molar-refractivity contribution in [3.05, 3.63) is 53.1 Å². The summed E-state index contributed by atoms with van der Waals surface area (Å²) in [6, 6.07) is 10.8. The van der Waals surface area contributed by atoms with E-state index in [4.69, 9.17) is 9.47 Å². The first-order chi connectivity index (χ1) is 13.5. The van der Waals surface area contributed by atoms with Crippen LogP contribution in [0.4, 0.5) is 0 Å². The molecule has 5 nitrogen and oxygen atoms in total. The molecule has 0 heterocycles. The van der Waals surface area contributed by atoms with Crippen molar-refractivity contribution in [3.63, 3.8) is 0 Å². The van der Waals surface area contributed by atoms with Gasteiger partial charge in [-0.1, -0.05) is 26.0 Å². The highest BCUT2D eigenvalue weighted by molar-refractivity contribution is 5.76. The van der Waals surface area contributed by atoms with Crippen LogP contribution in [0.5, 0.6) is 17.2 Å². The number of carbonyl (C=O) groups is 1. The lowest BCUT2D eigenvalue weighted by atomic mass is 10.0. The third-order valence-electron chi connectivity index (χ3n) is 3.99. The van der Waals surface area contributed by atoms with Crippen LogP contribution in [0.3, 0.4) is 0 Å². The highest BCUT2D eigenvalue weighted by atomic mass is 16.5. The number of benzene rings is 2. The highest BCUT2D eigenvalue weighted by Gasteiger charge is 2.09. The molecule has 0 fully saturated rings. The van der Waals surface area contributed by atoms with Gasteiger partial charge in [-0.15, -0.1) is 0 Å². The molecule has 0 unspecified atom stereocenters. The molecule has 0 saturated heterocycles. The Hall–Kier alpha value is -2.53. The second kappa shape index (κ2) is 12.8. The van der Waals surface area contributed by atoms with Crippen LogP contribution in [0.2, 0.25) is 0 Å². The van der Waals surface area contributed by atoms with Crippen molar-refractivity contribution in [1.29, 1.82) is 0 Å². The monoisotopic (exact) mass is 387 g/mol. The van der Waals surface area contributed by atoms with Gasteiger partial charge in [-0.3, -0.25) is 4.79 Å². The Morgan fingerprint density at radius 1 is 1.07 bits per heavy atom. The molecule has 0 aromatic heterocycles. The van der Waals surface area contributed by atoms with E-state index in [2.05, 4.69) is 17.4 Å². The fraction of sp³-hybridized carbons (Fsp3) is 0.435. The first kappa shape index (κ1) is 23.5. The summed E-state index contributed by atoms with van der Waals surface area (Å²) in [7, 11) is 0. The minimum atomic E-state index is 0.0319. The predicted octanol–water partition coefficient (Wildman–Crippen LogP) is 4.91. The first-order valence-electron chi connectivity index (χ1n) is 9.91. The number of phenolic OH excluding ortho intramolecular Hbond substituents is 1. The SMILES string of the molecule is CC.CCOCCNC(=O)CCc1cc(C)c(Oc2ccc(O)cc2)c(C)c1. The van der Waals surface area contributed by atoms with Crippen LogP contribution in [0, 0.1) is 13.8 Å². The Bertz CT molecular complexity index is 703. The molecule has 28 heavy (non-hydrogen) atoms. The van der Waals surface area contributed by atoms with Crippen molar-refractivity contribution in [2.75, 3.05) is 19.8 Å². The van der Waals surface area contributed by atoms with E-state index in [0.29, 0.717) is 38.3 Å². The van der Waals surface area contributed by atoms with Crippen molar-refractivity contribution < 1.29 is 19.4 Å². The molecular weight excluding hydrogens is 354 g/mol. The highest BCUT2D eigenvalue weighted by Crippen LogP contribution is 2.30. The van der Waals surface area contributed by atoms with E-state index in [9.17, 15) is 9.90 Å². The number of nitrogens with one attached hydrogen (secondary N) is 1. The number of aromatic hydroxyl groups is 1. The van der Waals surface area contributed by atoms with Gasteiger partial charge in [0.2, 0.25) is 5.91 Å². The third-order valence-corrected chi connectivity index (χ3v) is 3.99. The number of carbonyl (C=O) groups excluding carboxylic acids is 1. The largest absolute Gasteiger partial charge is 0.508 e. The normalized spacial score (nSPS) is 10.0. The number of ether oxygens (including phenoxy) is 2. The van der Waals surface area contributed by atoms with E-state index in [1.54, 1.807) is 24.3 Å². The van der Waals surface area contributed by atoms with Crippen LogP contribution in [0.25, 0.3) is 0 Å². The van der Waals surface area contributed by atoms with Crippen LogP contribution in [-0.4, -0.2) is 30.8 Å². The van der Waals surface area contributed by atoms with Gasteiger partial charge in [-0.2, -0.15) is 0 Å². The molecule has 5 heteroatoms. The lowest BCUT2D eigenvalue weighted by Crippen LogP contribution is -2.27. The fourth-order valence-electron chi connectivity index (χ4n) is 2.73. The zero-order chi connectivity index (χ0) is 20.9. The summed E-state index contributed by atoms with van der Waals surface area (Å²) in [5, 5.41) is 12.2. The minimum Gasteiger partial charge on any atom is -0.508 e. The van der Waals surface area contributed by atoms with Gasteiger partial charge in [0.15, 0.2) is 0 Å². The number of hydrogen-bond acceptors (Lipinski definition) is 4. The van der Waals surface area contributed by atoms with Gasteiger partial charge in [-0.25, -0.2) is 0 Å². The first-order valence-corrected chi connectivity index (χ1v) is 9.91. The van der Waals surface area contributed by atoms with Crippen molar-refractivity contribution in [1.82, 2.24) is 5.32 Å². The van der Waals surface area contributed by atoms with E-state index in [1.807, 2.05) is 34.6 Å². The Morgan fingerprint density at radius 2 is 1.68 bits per heavy atom. The average Bonchev–Trinajstić information content (AvgIpc) is 2.69. The minimum absolute atomic E-state index is 0.0319. The summed E-state index contributed by atoms with van der Waals surface area (Å²) < 4.78 is 11.2. The summed E-state index contributed by atoms with van der Waals surface area (Å²) in [4.78, 5) is 11.9. The van der Waals surface area contributed by atoms with Crippen molar-refractivity contribution in [3.8, 4) is 17.2 Å². The molecule has 0 aliphatic rings. The Morgan fingerprint density at radius 3 is 2.25 bits per heavy atom. The van der Waals surface area contributed by atoms with Crippen LogP contribution in [0.1, 0.15) is 43.9 Å². The summed E-state index contributed by atoms with van der Waals surface area (Å²) in [6.45, 7) is 11.7.